The van der Waals surface area contributed by atoms with Crippen molar-refractivity contribution in [3.8, 4) is 5.88 Å². The highest BCUT2D eigenvalue weighted by Crippen LogP contribution is 2.10. The van der Waals surface area contributed by atoms with Gasteiger partial charge in [-0.3, -0.25) is 4.79 Å². The number of carbonyl (C=O) groups is 1. The zero-order valence-corrected chi connectivity index (χ0v) is 11.1. The van der Waals surface area contributed by atoms with Gasteiger partial charge < -0.3 is 15.4 Å². The van der Waals surface area contributed by atoms with Crippen LogP contribution in [0.2, 0.25) is 0 Å². The van der Waals surface area contributed by atoms with Crippen LogP contribution in [-0.2, 0) is 4.79 Å². The van der Waals surface area contributed by atoms with Gasteiger partial charge in [-0.2, -0.15) is 4.98 Å². The first-order valence-corrected chi connectivity index (χ1v) is 6.06. The van der Waals surface area contributed by atoms with Crippen molar-refractivity contribution in [3.63, 3.8) is 0 Å². The standard InChI is InChI=1S/C12H20N4O2/c1-4-6-13-10(17)5-7-14-12-15-9(2)8-11(16-12)18-3/h8H,4-7H2,1-3H3,(H,13,17)(H,14,15,16). The van der Waals surface area contributed by atoms with Crippen LogP contribution in [0.1, 0.15) is 25.5 Å². The molecule has 0 bridgehead atoms. The second-order valence-electron chi connectivity index (χ2n) is 3.90. The van der Waals surface area contributed by atoms with E-state index in [2.05, 4.69) is 20.6 Å². The molecule has 18 heavy (non-hydrogen) atoms. The van der Waals surface area contributed by atoms with Crippen molar-refractivity contribution in [2.24, 2.45) is 0 Å². The zero-order chi connectivity index (χ0) is 13.4. The van der Waals surface area contributed by atoms with Crippen molar-refractivity contribution >= 4 is 11.9 Å². The van der Waals surface area contributed by atoms with Crippen molar-refractivity contribution < 1.29 is 9.53 Å². The van der Waals surface area contributed by atoms with E-state index in [-0.39, 0.29) is 5.91 Å². The van der Waals surface area contributed by atoms with Crippen molar-refractivity contribution in [1.29, 1.82) is 0 Å². The maximum absolute atomic E-state index is 11.4. The van der Waals surface area contributed by atoms with Crippen LogP contribution >= 0.6 is 0 Å². The minimum Gasteiger partial charge on any atom is -0.481 e. The summed E-state index contributed by atoms with van der Waals surface area (Å²) in [7, 11) is 1.56. The summed E-state index contributed by atoms with van der Waals surface area (Å²) in [6.07, 6.45) is 1.34. The molecular formula is C12H20N4O2. The van der Waals surface area contributed by atoms with E-state index in [1.165, 1.54) is 0 Å². The number of hydrogen-bond donors (Lipinski definition) is 2. The monoisotopic (exact) mass is 252 g/mol. The van der Waals surface area contributed by atoms with Gasteiger partial charge in [0.1, 0.15) is 0 Å². The molecule has 0 aromatic carbocycles. The fraction of sp³-hybridized carbons (Fsp3) is 0.583. The summed E-state index contributed by atoms with van der Waals surface area (Å²) in [5, 5.41) is 5.81. The van der Waals surface area contributed by atoms with E-state index in [9.17, 15) is 4.79 Å². The summed E-state index contributed by atoms with van der Waals surface area (Å²) in [6.45, 7) is 5.10. The number of aromatic nitrogens is 2. The molecular weight excluding hydrogens is 232 g/mol. The van der Waals surface area contributed by atoms with Gasteiger partial charge in [0.05, 0.1) is 7.11 Å². The van der Waals surface area contributed by atoms with Crippen molar-refractivity contribution in [3.05, 3.63) is 11.8 Å². The molecule has 6 nitrogen and oxygen atoms in total. The minimum atomic E-state index is 0.0315. The Morgan fingerprint density at radius 2 is 2.17 bits per heavy atom. The van der Waals surface area contributed by atoms with Gasteiger partial charge in [-0.25, -0.2) is 4.98 Å². The van der Waals surface area contributed by atoms with Crippen LogP contribution in [0.15, 0.2) is 6.07 Å². The van der Waals surface area contributed by atoms with Gasteiger partial charge in [0.25, 0.3) is 0 Å². The molecule has 0 saturated carbocycles. The number of anilines is 1. The molecule has 0 aliphatic rings. The Bertz CT molecular complexity index is 396. The number of nitrogens with one attached hydrogen (secondary N) is 2. The first-order valence-electron chi connectivity index (χ1n) is 6.06. The van der Waals surface area contributed by atoms with Crippen LogP contribution in [0.5, 0.6) is 5.88 Å². The third-order valence-corrected chi connectivity index (χ3v) is 2.25. The lowest BCUT2D eigenvalue weighted by atomic mass is 10.4. The number of aryl methyl sites for hydroxylation is 1. The Morgan fingerprint density at radius 3 is 2.83 bits per heavy atom. The van der Waals surface area contributed by atoms with Gasteiger partial charge in [0.2, 0.25) is 17.7 Å². The Labute approximate surface area is 107 Å². The largest absolute Gasteiger partial charge is 0.481 e. The van der Waals surface area contributed by atoms with Gasteiger partial charge >= 0.3 is 0 Å². The second kappa shape index (κ2) is 7.47. The van der Waals surface area contributed by atoms with E-state index in [0.29, 0.717) is 31.3 Å². The fourth-order valence-electron chi connectivity index (χ4n) is 1.36. The first-order chi connectivity index (χ1) is 8.65. The molecule has 0 fully saturated rings. The van der Waals surface area contributed by atoms with Crippen LogP contribution in [0, 0.1) is 6.92 Å². The molecule has 1 amide bonds. The number of carbonyl (C=O) groups excluding carboxylic acids is 1. The Balaban J connectivity index is 2.39. The molecule has 0 spiro atoms. The number of amides is 1. The third-order valence-electron chi connectivity index (χ3n) is 2.25. The number of ether oxygens (including phenoxy) is 1. The van der Waals surface area contributed by atoms with Crippen LogP contribution in [0.25, 0.3) is 0 Å². The van der Waals surface area contributed by atoms with Crippen molar-refractivity contribution in [2.45, 2.75) is 26.7 Å². The molecule has 2 N–H and O–H groups in total. The lowest BCUT2D eigenvalue weighted by molar-refractivity contribution is -0.120. The van der Waals surface area contributed by atoms with E-state index in [4.69, 9.17) is 4.74 Å². The average molecular weight is 252 g/mol. The smallest absolute Gasteiger partial charge is 0.226 e. The molecule has 6 heteroatoms. The van der Waals surface area contributed by atoms with E-state index in [1.54, 1.807) is 13.2 Å². The molecule has 0 atom stereocenters. The molecule has 0 aliphatic heterocycles. The maximum atomic E-state index is 11.4. The van der Waals surface area contributed by atoms with E-state index in [1.807, 2.05) is 13.8 Å². The highest BCUT2D eigenvalue weighted by atomic mass is 16.5. The first kappa shape index (κ1) is 14.2. The second-order valence-corrected chi connectivity index (χ2v) is 3.90. The van der Waals surface area contributed by atoms with Crippen LogP contribution in [-0.4, -0.2) is 36.1 Å². The summed E-state index contributed by atoms with van der Waals surface area (Å²) >= 11 is 0. The molecule has 1 heterocycles. The predicted molar refractivity (Wildman–Crippen MR) is 69.7 cm³/mol. The SMILES string of the molecule is CCCNC(=O)CCNc1nc(C)cc(OC)n1. The predicted octanol–water partition coefficient (Wildman–Crippen LogP) is 1.12. The van der Waals surface area contributed by atoms with Crippen molar-refractivity contribution in [2.75, 3.05) is 25.5 Å². The van der Waals surface area contributed by atoms with Crippen molar-refractivity contribution in [1.82, 2.24) is 15.3 Å². The normalized spacial score (nSPS) is 9.94. The van der Waals surface area contributed by atoms with Gasteiger partial charge in [0, 0.05) is 31.3 Å². The van der Waals surface area contributed by atoms with Crippen LogP contribution in [0.4, 0.5) is 5.95 Å². The highest BCUT2D eigenvalue weighted by molar-refractivity contribution is 5.76. The molecule has 0 radical (unpaired) electrons. The quantitative estimate of drug-likeness (QED) is 0.760. The Kier molecular flexibility index (Phi) is 5.90. The molecule has 1 aromatic rings. The van der Waals surface area contributed by atoms with Gasteiger partial charge in [-0.1, -0.05) is 6.92 Å². The Morgan fingerprint density at radius 1 is 1.39 bits per heavy atom. The number of rotatable bonds is 7. The minimum absolute atomic E-state index is 0.0315. The lowest BCUT2D eigenvalue weighted by Gasteiger charge is -2.07. The summed E-state index contributed by atoms with van der Waals surface area (Å²) in [4.78, 5) is 19.7. The molecule has 0 unspecified atom stereocenters. The molecule has 100 valence electrons. The van der Waals surface area contributed by atoms with Crippen LogP contribution in [0.3, 0.4) is 0 Å². The van der Waals surface area contributed by atoms with Gasteiger partial charge in [-0.05, 0) is 13.3 Å². The summed E-state index contributed by atoms with van der Waals surface area (Å²) in [5.74, 6) is 1.03. The fourth-order valence-corrected chi connectivity index (χ4v) is 1.36. The summed E-state index contributed by atoms with van der Waals surface area (Å²) in [6, 6.07) is 1.75. The third kappa shape index (κ3) is 4.99. The average Bonchev–Trinajstić information content (AvgIpc) is 2.35. The number of hydrogen-bond acceptors (Lipinski definition) is 5. The van der Waals surface area contributed by atoms with Gasteiger partial charge in [0.15, 0.2) is 0 Å². The number of nitrogens with zero attached hydrogens (tertiary/aromatic N) is 2. The molecule has 1 rings (SSSR count). The lowest BCUT2D eigenvalue weighted by Crippen LogP contribution is -2.26. The zero-order valence-electron chi connectivity index (χ0n) is 11.1. The van der Waals surface area contributed by atoms with Crippen LogP contribution < -0.4 is 15.4 Å². The van der Waals surface area contributed by atoms with E-state index in [0.717, 1.165) is 12.1 Å². The van der Waals surface area contributed by atoms with E-state index < -0.39 is 0 Å². The Hall–Kier alpha value is -1.85. The summed E-state index contributed by atoms with van der Waals surface area (Å²) < 4.78 is 5.05. The molecule has 0 saturated heterocycles. The molecule has 1 aromatic heterocycles. The van der Waals surface area contributed by atoms with E-state index >= 15 is 0 Å². The number of methoxy groups -OCH3 is 1. The highest BCUT2D eigenvalue weighted by Gasteiger charge is 2.03. The van der Waals surface area contributed by atoms with Gasteiger partial charge in [-0.15, -0.1) is 0 Å². The maximum Gasteiger partial charge on any atom is 0.226 e. The molecule has 0 aliphatic carbocycles. The summed E-state index contributed by atoms with van der Waals surface area (Å²) in [5.41, 5.74) is 0.819. The topological polar surface area (TPSA) is 76.1 Å².